The van der Waals surface area contributed by atoms with E-state index in [9.17, 15) is 0 Å². The largest absolute Gasteiger partial charge is 0.378 e. The molecule has 3 radical (unpaired) electrons. The predicted octanol–water partition coefficient (Wildman–Crippen LogP) is 2.14. The Balaban J connectivity index is -0.000000125. The van der Waals surface area contributed by atoms with Crippen molar-refractivity contribution in [3.8, 4) is 0 Å². The Bertz CT molecular complexity index is 214. The van der Waals surface area contributed by atoms with Crippen molar-refractivity contribution in [2.24, 2.45) is 0 Å². The van der Waals surface area contributed by atoms with E-state index in [4.69, 9.17) is 0 Å². The van der Waals surface area contributed by atoms with E-state index in [1.807, 2.05) is 14.1 Å². The number of rotatable bonds is 1. The van der Waals surface area contributed by atoms with Crippen LogP contribution in [0.3, 0.4) is 0 Å². The summed E-state index contributed by atoms with van der Waals surface area (Å²) in [6, 6.07) is 8.48. The zero-order valence-electron chi connectivity index (χ0n) is 8.56. The van der Waals surface area contributed by atoms with Crippen molar-refractivity contribution in [1.29, 1.82) is 0 Å². The van der Waals surface area contributed by atoms with Crippen LogP contribution in [0.1, 0.15) is 5.56 Å². The average Bonchev–Trinajstić information content (AvgIpc) is 1.88. The van der Waals surface area contributed by atoms with Crippen molar-refractivity contribution in [1.82, 2.24) is 0 Å². The zero-order valence-corrected chi connectivity index (χ0v) is 8.56. The normalized spacial score (nSPS) is 6.79. The Labute approximate surface area is 84.8 Å². The molecule has 0 heterocycles. The van der Waals surface area contributed by atoms with Gasteiger partial charge < -0.3 is 4.90 Å². The molecule has 0 aliphatic heterocycles. The molecular weight excluding hydrogens is 190 g/mol. The van der Waals surface area contributed by atoms with Crippen LogP contribution in [-0.4, -0.2) is 22.5 Å². The van der Waals surface area contributed by atoms with E-state index in [1.165, 1.54) is 11.3 Å². The van der Waals surface area contributed by atoms with Gasteiger partial charge in [0.25, 0.3) is 0 Å². The zero-order chi connectivity index (χ0) is 7.56. The summed E-state index contributed by atoms with van der Waals surface area (Å²) in [5.41, 5.74) is 2.57. The molecule has 14 heavy (non-hydrogen) atoms. The van der Waals surface area contributed by atoms with E-state index in [0.717, 1.165) is 0 Å². The monoisotopic (exact) mass is 206 g/mol. The van der Waals surface area contributed by atoms with Gasteiger partial charge in [0.15, 0.2) is 0 Å². The molecule has 0 bridgehead atoms. The fourth-order valence-corrected chi connectivity index (χ4v) is 0.843. The van der Waals surface area contributed by atoms with E-state index >= 15 is 0 Å². The average molecular weight is 206 g/mol. The minimum absolute atomic E-state index is 0. The second kappa shape index (κ2) is 9.96. The van der Waals surface area contributed by atoms with Gasteiger partial charge in [0, 0.05) is 28.2 Å². The molecule has 1 aromatic carbocycles. The van der Waals surface area contributed by atoms with Crippen molar-refractivity contribution in [2.75, 3.05) is 19.0 Å². The molecular formula is C9H16BF3N. The second-order valence-corrected chi connectivity index (χ2v) is 2.73. The Morgan fingerprint density at radius 2 is 1.21 bits per heavy atom. The first kappa shape index (κ1) is 23.1. The molecule has 0 fully saturated rings. The van der Waals surface area contributed by atoms with Crippen molar-refractivity contribution >= 4 is 14.1 Å². The van der Waals surface area contributed by atoms with Gasteiger partial charge in [-0.05, 0) is 19.1 Å². The van der Waals surface area contributed by atoms with Gasteiger partial charge in [0.1, 0.15) is 0 Å². The van der Waals surface area contributed by atoms with Crippen molar-refractivity contribution in [2.45, 2.75) is 6.92 Å². The molecule has 0 aliphatic rings. The highest BCUT2D eigenvalue weighted by Crippen LogP contribution is 2.10. The van der Waals surface area contributed by atoms with Gasteiger partial charge in [-0.1, -0.05) is 17.7 Å². The van der Waals surface area contributed by atoms with Gasteiger partial charge in [-0.2, -0.15) is 0 Å². The van der Waals surface area contributed by atoms with Gasteiger partial charge in [-0.25, -0.2) is 0 Å². The fourth-order valence-electron chi connectivity index (χ4n) is 0.843. The SMILES string of the molecule is Cc1ccc(N(C)C)cc1.F.F.F.[B]. The van der Waals surface area contributed by atoms with Crippen LogP contribution in [0.4, 0.5) is 19.8 Å². The van der Waals surface area contributed by atoms with Gasteiger partial charge in [0.2, 0.25) is 0 Å². The molecule has 0 atom stereocenters. The van der Waals surface area contributed by atoms with Crippen LogP contribution >= 0.6 is 0 Å². The van der Waals surface area contributed by atoms with Gasteiger partial charge in [0.05, 0.1) is 0 Å². The van der Waals surface area contributed by atoms with Crippen molar-refractivity contribution in [3.63, 3.8) is 0 Å². The van der Waals surface area contributed by atoms with E-state index in [0.29, 0.717) is 0 Å². The number of hydrogen-bond acceptors (Lipinski definition) is 1. The highest BCUT2D eigenvalue weighted by atomic mass is 19.0. The standard InChI is InChI=1S/C9H13N.B.3FH/c1-8-4-6-9(7-5-8)10(2)3;;;;/h4-7H,1-3H3;;3*1H. The quantitative estimate of drug-likeness (QED) is 0.636. The third kappa shape index (κ3) is 6.40. The molecule has 1 aromatic rings. The van der Waals surface area contributed by atoms with Crippen LogP contribution in [0.2, 0.25) is 0 Å². The van der Waals surface area contributed by atoms with Gasteiger partial charge in [-0.15, -0.1) is 0 Å². The second-order valence-electron chi connectivity index (χ2n) is 2.73. The first-order valence-corrected chi connectivity index (χ1v) is 3.44. The highest BCUT2D eigenvalue weighted by molar-refractivity contribution is 5.75. The number of halogens is 3. The summed E-state index contributed by atoms with van der Waals surface area (Å²) in [5, 5.41) is 0. The molecule has 0 saturated carbocycles. The Hall–Kier alpha value is -1.13. The first-order chi connectivity index (χ1) is 4.70. The minimum Gasteiger partial charge on any atom is -0.378 e. The number of nitrogens with zero attached hydrogens (tertiary/aromatic N) is 1. The fraction of sp³-hybridized carbons (Fsp3) is 0.333. The number of aryl methyl sites for hydroxylation is 1. The maximum atomic E-state index is 2.12. The number of benzene rings is 1. The van der Waals surface area contributed by atoms with Gasteiger partial charge >= 0.3 is 0 Å². The topological polar surface area (TPSA) is 3.24 Å². The summed E-state index contributed by atoms with van der Waals surface area (Å²) >= 11 is 0. The Morgan fingerprint density at radius 1 is 0.857 bits per heavy atom. The van der Waals surface area contributed by atoms with Crippen LogP contribution in [0.15, 0.2) is 24.3 Å². The lowest BCUT2D eigenvalue weighted by atomic mass is 10.2. The van der Waals surface area contributed by atoms with Crippen molar-refractivity contribution in [3.05, 3.63) is 29.8 Å². The molecule has 0 N–H and O–H groups in total. The maximum Gasteiger partial charge on any atom is 0.0361 e. The number of anilines is 1. The van der Waals surface area contributed by atoms with Crippen LogP contribution in [0.5, 0.6) is 0 Å². The summed E-state index contributed by atoms with van der Waals surface area (Å²) in [4.78, 5) is 2.10. The molecule has 0 aromatic heterocycles. The molecule has 81 valence electrons. The molecule has 1 nitrogen and oxygen atoms in total. The van der Waals surface area contributed by atoms with Gasteiger partial charge in [-0.3, -0.25) is 14.1 Å². The first-order valence-electron chi connectivity index (χ1n) is 3.44. The minimum atomic E-state index is 0. The van der Waals surface area contributed by atoms with Crippen LogP contribution < -0.4 is 4.90 Å². The number of hydrogen-bond donors (Lipinski definition) is 0. The lowest BCUT2D eigenvalue weighted by molar-refractivity contribution is 1.11. The molecule has 0 amide bonds. The van der Waals surface area contributed by atoms with Crippen LogP contribution in [0.25, 0.3) is 0 Å². The van der Waals surface area contributed by atoms with Crippen LogP contribution in [-0.2, 0) is 0 Å². The van der Waals surface area contributed by atoms with Crippen LogP contribution in [0, 0.1) is 6.92 Å². The Morgan fingerprint density at radius 3 is 1.50 bits per heavy atom. The smallest absolute Gasteiger partial charge is 0.0361 e. The predicted molar refractivity (Wildman–Crippen MR) is 58.8 cm³/mol. The molecule has 0 spiro atoms. The summed E-state index contributed by atoms with van der Waals surface area (Å²) in [6.07, 6.45) is 0. The molecule has 5 heteroatoms. The Kier molecular flexibility index (Phi) is 16.4. The van der Waals surface area contributed by atoms with E-state index < -0.39 is 0 Å². The maximum absolute atomic E-state index is 2.12. The molecule has 0 saturated heterocycles. The molecule has 0 unspecified atom stereocenters. The molecule has 0 aliphatic carbocycles. The van der Waals surface area contributed by atoms with E-state index in [2.05, 4.69) is 36.1 Å². The van der Waals surface area contributed by atoms with Crippen molar-refractivity contribution < 1.29 is 14.1 Å². The third-order valence-corrected chi connectivity index (χ3v) is 1.55. The third-order valence-electron chi connectivity index (χ3n) is 1.55. The lowest BCUT2D eigenvalue weighted by Crippen LogP contribution is -2.07. The van der Waals surface area contributed by atoms with E-state index in [1.54, 1.807) is 0 Å². The van der Waals surface area contributed by atoms with E-state index in [-0.39, 0.29) is 22.5 Å². The molecule has 1 rings (SSSR count). The summed E-state index contributed by atoms with van der Waals surface area (Å²) in [5.74, 6) is 0. The lowest BCUT2D eigenvalue weighted by Gasteiger charge is -2.11. The summed E-state index contributed by atoms with van der Waals surface area (Å²) < 4.78 is 0. The summed E-state index contributed by atoms with van der Waals surface area (Å²) in [7, 11) is 4.09. The highest BCUT2D eigenvalue weighted by Gasteiger charge is 1.90. The summed E-state index contributed by atoms with van der Waals surface area (Å²) in [6.45, 7) is 2.10.